The zero-order valence-corrected chi connectivity index (χ0v) is 11.6. The number of nitrogens with zero attached hydrogens (tertiary/aromatic N) is 2. The van der Waals surface area contributed by atoms with Crippen LogP contribution in [0.15, 0.2) is 53.1 Å². The number of aromatic nitrogens is 1. The molecule has 92 valence electrons. The Balaban J connectivity index is 2.07. The van der Waals surface area contributed by atoms with Gasteiger partial charge >= 0.3 is 0 Å². The van der Waals surface area contributed by atoms with Crippen LogP contribution in [0.2, 0.25) is 0 Å². The first-order valence-electron chi connectivity index (χ1n) is 5.58. The van der Waals surface area contributed by atoms with Crippen molar-refractivity contribution in [2.24, 2.45) is 0 Å². The number of rotatable bonds is 3. The van der Waals surface area contributed by atoms with Crippen molar-refractivity contribution in [2.45, 2.75) is 6.54 Å². The average molecular weight is 305 g/mol. The number of benzene rings is 1. The Bertz CT molecular complexity index is 525. The number of hydrogen-bond acceptors (Lipinski definition) is 2. The van der Waals surface area contributed by atoms with Crippen molar-refractivity contribution in [1.29, 1.82) is 0 Å². The van der Waals surface area contributed by atoms with Gasteiger partial charge in [-0.3, -0.25) is 9.78 Å². The van der Waals surface area contributed by atoms with Crippen molar-refractivity contribution in [3.63, 3.8) is 0 Å². The molecule has 2 aromatic rings. The van der Waals surface area contributed by atoms with Crippen LogP contribution in [0.5, 0.6) is 0 Å². The van der Waals surface area contributed by atoms with E-state index < -0.39 is 0 Å². The topological polar surface area (TPSA) is 33.2 Å². The second-order valence-corrected chi connectivity index (χ2v) is 4.90. The number of amides is 1. The lowest BCUT2D eigenvalue weighted by Crippen LogP contribution is -2.26. The van der Waals surface area contributed by atoms with Gasteiger partial charge in [0.25, 0.3) is 5.91 Å². The highest BCUT2D eigenvalue weighted by atomic mass is 79.9. The molecule has 0 saturated heterocycles. The SMILES string of the molecule is CN(Cc1ccccn1)C(=O)c1ccc(Br)cc1. The van der Waals surface area contributed by atoms with Crippen molar-refractivity contribution in [1.82, 2.24) is 9.88 Å². The summed E-state index contributed by atoms with van der Waals surface area (Å²) in [5.74, 6) is -0.00634. The molecule has 0 aliphatic heterocycles. The summed E-state index contributed by atoms with van der Waals surface area (Å²) in [7, 11) is 1.78. The Morgan fingerprint density at radius 2 is 1.94 bits per heavy atom. The Kier molecular flexibility index (Phi) is 4.10. The molecule has 18 heavy (non-hydrogen) atoms. The Morgan fingerprint density at radius 1 is 1.22 bits per heavy atom. The molecule has 0 spiro atoms. The van der Waals surface area contributed by atoms with Gasteiger partial charge in [-0.25, -0.2) is 0 Å². The van der Waals surface area contributed by atoms with Crippen LogP contribution in [0, 0.1) is 0 Å². The molecule has 0 N–H and O–H groups in total. The maximum atomic E-state index is 12.1. The van der Waals surface area contributed by atoms with E-state index in [-0.39, 0.29) is 5.91 Å². The lowest BCUT2D eigenvalue weighted by molar-refractivity contribution is 0.0783. The van der Waals surface area contributed by atoms with E-state index in [0.717, 1.165) is 10.2 Å². The predicted octanol–water partition coefficient (Wildman–Crippen LogP) is 3.12. The minimum Gasteiger partial charge on any atom is -0.336 e. The maximum absolute atomic E-state index is 12.1. The van der Waals surface area contributed by atoms with Crippen LogP contribution in [0.3, 0.4) is 0 Å². The highest BCUT2D eigenvalue weighted by Crippen LogP contribution is 2.12. The van der Waals surface area contributed by atoms with E-state index in [9.17, 15) is 4.79 Å². The normalized spacial score (nSPS) is 10.1. The average Bonchev–Trinajstić information content (AvgIpc) is 2.40. The minimum absolute atomic E-state index is 0.00634. The van der Waals surface area contributed by atoms with Gasteiger partial charge in [0.15, 0.2) is 0 Å². The van der Waals surface area contributed by atoms with Gasteiger partial charge in [0.1, 0.15) is 0 Å². The first-order valence-corrected chi connectivity index (χ1v) is 6.37. The molecule has 0 saturated carbocycles. The molecule has 2 rings (SSSR count). The van der Waals surface area contributed by atoms with E-state index in [2.05, 4.69) is 20.9 Å². The summed E-state index contributed by atoms with van der Waals surface area (Å²) in [6.45, 7) is 0.510. The minimum atomic E-state index is -0.00634. The van der Waals surface area contributed by atoms with Gasteiger partial charge < -0.3 is 4.90 Å². The number of hydrogen-bond donors (Lipinski definition) is 0. The Hall–Kier alpha value is -1.68. The second kappa shape index (κ2) is 5.78. The van der Waals surface area contributed by atoms with Crippen molar-refractivity contribution in [2.75, 3.05) is 7.05 Å². The van der Waals surface area contributed by atoms with Crippen LogP contribution >= 0.6 is 15.9 Å². The molecule has 0 radical (unpaired) electrons. The molecule has 0 aliphatic carbocycles. The van der Waals surface area contributed by atoms with E-state index in [1.165, 1.54) is 0 Å². The molecule has 1 amide bonds. The molecule has 0 fully saturated rings. The molecule has 1 aromatic heterocycles. The number of halogens is 1. The zero-order chi connectivity index (χ0) is 13.0. The van der Waals surface area contributed by atoms with E-state index >= 15 is 0 Å². The van der Waals surface area contributed by atoms with Gasteiger partial charge in [0.05, 0.1) is 12.2 Å². The summed E-state index contributed by atoms with van der Waals surface area (Å²) in [5, 5.41) is 0. The number of carbonyl (C=O) groups is 1. The van der Waals surface area contributed by atoms with Gasteiger partial charge in [-0.05, 0) is 36.4 Å². The fraction of sp³-hybridized carbons (Fsp3) is 0.143. The molecule has 0 aliphatic rings. The molecule has 0 atom stereocenters. The fourth-order valence-corrected chi connectivity index (χ4v) is 1.88. The van der Waals surface area contributed by atoms with Crippen molar-refractivity contribution in [3.05, 3.63) is 64.4 Å². The van der Waals surface area contributed by atoms with Crippen LogP contribution in [0.25, 0.3) is 0 Å². The van der Waals surface area contributed by atoms with Crippen molar-refractivity contribution >= 4 is 21.8 Å². The van der Waals surface area contributed by atoms with Crippen LogP contribution in [-0.4, -0.2) is 22.8 Å². The number of carbonyl (C=O) groups excluding carboxylic acids is 1. The molecule has 1 heterocycles. The summed E-state index contributed by atoms with van der Waals surface area (Å²) in [4.78, 5) is 18.0. The Morgan fingerprint density at radius 3 is 2.56 bits per heavy atom. The third kappa shape index (κ3) is 3.17. The molecule has 0 unspecified atom stereocenters. The summed E-state index contributed by atoms with van der Waals surface area (Å²) >= 11 is 3.35. The van der Waals surface area contributed by atoms with Gasteiger partial charge in [0.2, 0.25) is 0 Å². The quantitative estimate of drug-likeness (QED) is 0.873. The van der Waals surface area contributed by atoms with E-state index in [1.807, 2.05) is 30.3 Å². The van der Waals surface area contributed by atoms with Gasteiger partial charge in [-0.15, -0.1) is 0 Å². The monoisotopic (exact) mass is 304 g/mol. The first kappa shape index (κ1) is 12.8. The highest BCUT2D eigenvalue weighted by Gasteiger charge is 2.11. The molecule has 1 aromatic carbocycles. The Labute approximate surface area is 115 Å². The fourth-order valence-electron chi connectivity index (χ4n) is 1.62. The van der Waals surface area contributed by atoms with E-state index in [0.29, 0.717) is 12.1 Å². The third-order valence-corrected chi connectivity index (χ3v) is 3.09. The summed E-state index contributed by atoms with van der Waals surface area (Å²) in [6.07, 6.45) is 1.73. The van der Waals surface area contributed by atoms with E-state index in [1.54, 1.807) is 30.3 Å². The summed E-state index contributed by atoms with van der Waals surface area (Å²) < 4.78 is 0.964. The molecule has 0 bridgehead atoms. The van der Waals surface area contributed by atoms with E-state index in [4.69, 9.17) is 0 Å². The first-order chi connectivity index (χ1) is 8.66. The molecule has 3 nitrogen and oxygen atoms in total. The predicted molar refractivity (Wildman–Crippen MR) is 74.2 cm³/mol. The van der Waals surface area contributed by atoms with Crippen molar-refractivity contribution < 1.29 is 4.79 Å². The van der Waals surface area contributed by atoms with Crippen LogP contribution in [-0.2, 0) is 6.54 Å². The van der Waals surface area contributed by atoms with Gasteiger partial charge in [-0.2, -0.15) is 0 Å². The second-order valence-electron chi connectivity index (χ2n) is 3.99. The summed E-state index contributed by atoms with van der Waals surface area (Å²) in [6, 6.07) is 13.0. The maximum Gasteiger partial charge on any atom is 0.253 e. The molecule has 4 heteroatoms. The largest absolute Gasteiger partial charge is 0.336 e. The standard InChI is InChI=1S/C14H13BrN2O/c1-17(10-13-4-2-3-9-16-13)14(18)11-5-7-12(15)8-6-11/h2-9H,10H2,1H3. The highest BCUT2D eigenvalue weighted by molar-refractivity contribution is 9.10. The third-order valence-electron chi connectivity index (χ3n) is 2.56. The zero-order valence-electron chi connectivity index (χ0n) is 10.0. The lowest BCUT2D eigenvalue weighted by atomic mass is 10.2. The molecular formula is C14H13BrN2O. The van der Waals surface area contributed by atoms with Crippen LogP contribution in [0.4, 0.5) is 0 Å². The number of pyridine rings is 1. The summed E-state index contributed by atoms with van der Waals surface area (Å²) in [5.41, 5.74) is 1.56. The van der Waals surface area contributed by atoms with Crippen molar-refractivity contribution in [3.8, 4) is 0 Å². The smallest absolute Gasteiger partial charge is 0.253 e. The van der Waals surface area contributed by atoms with Gasteiger partial charge in [0, 0.05) is 23.3 Å². The molecular weight excluding hydrogens is 292 g/mol. The van der Waals surface area contributed by atoms with Crippen LogP contribution < -0.4 is 0 Å². The van der Waals surface area contributed by atoms with Gasteiger partial charge in [-0.1, -0.05) is 22.0 Å². The van der Waals surface area contributed by atoms with Crippen LogP contribution in [0.1, 0.15) is 16.1 Å². The lowest BCUT2D eigenvalue weighted by Gasteiger charge is -2.16.